The lowest BCUT2D eigenvalue weighted by Crippen LogP contribution is -2.50. The summed E-state index contributed by atoms with van der Waals surface area (Å²) in [5.74, 6) is 0. The molecule has 2 saturated heterocycles. The number of nitrogens with one attached hydrogen (secondary N) is 1. The third-order valence-electron chi connectivity index (χ3n) is 3.20. The average molecular weight is 184 g/mol. The van der Waals surface area contributed by atoms with E-state index in [1.165, 1.54) is 25.9 Å². The highest BCUT2D eigenvalue weighted by Gasteiger charge is 2.25. The van der Waals surface area contributed by atoms with E-state index in [9.17, 15) is 5.11 Å². The van der Waals surface area contributed by atoms with Crippen LogP contribution in [0, 0.1) is 0 Å². The van der Waals surface area contributed by atoms with Crippen LogP contribution in [0.2, 0.25) is 0 Å². The summed E-state index contributed by atoms with van der Waals surface area (Å²) in [5, 5.41) is 13.1. The van der Waals surface area contributed by atoms with Gasteiger partial charge in [0, 0.05) is 12.6 Å². The molecule has 13 heavy (non-hydrogen) atoms. The van der Waals surface area contributed by atoms with Crippen molar-refractivity contribution in [2.24, 2.45) is 0 Å². The van der Waals surface area contributed by atoms with Crippen LogP contribution in [-0.4, -0.2) is 48.3 Å². The summed E-state index contributed by atoms with van der Waals surface area (Å²) in [6.07, 6.45) is 4.66. The van der Waals surface area contributed by atoms with Gasteiger partial charge in [-0.1, -0.05) is 0 Å². The molecule has 0 unspecified atom stereocenters. The number of hydrogen-bond acceptors (Lipinski definition) is 3. The largest absolute Gasteiger partial charge is 0.391 e. The lowest BCUT2D eigenvalue weighted by Gasteiger charge is -2.32. The summed E-state index contributed by atoms with van der Waals surface area (Å²) >= 11 is 0. The number of nitrogens with zero attached hydrogens (tertiary/aromatic N) is 1. The molecular weight excluding hydrogens is 164 g/mol. The van der Waals surface area contributed by atoms with Crippen molar-refractivity contribution < 1.29 is 5.11 Å². The van der Waals surface area contributed by atoms with E-state index < -0.39 is 0 Å². The first-order valence-electron chi connectivity index (χ1n) is 5.50. The van der Waals surface area contributed by atoms with Gasteiger partial charge in [0.25, 0.3) is 0 Å². The molecule has 2 fully saturated rings. The molecule has 0 aromatic carbocycles. The number of hydrogen-bond donors (Lipinski definition) is 2. The van der Waals surface area contributed by atoms with Crippen molar-refractivity contribution in [2.45, 2.75) is 37.8 Å². The molecule has 0 bridgehead atoms. The van der Waals surface area contributed by atoms with Crippen LogP contribution < -0.4 is 5.32 Å². The van der Waals surface area contributed by atoms with Crippen LogP contribution >= 0.6 is 0 Å². The Morgan fingerprint density at radius 1 is 1.23 bits per heavy atom. The maximum atomic E-state index is 9.74. The summed E-state index contributed by atoms with van der Waals surface area (Å²) in [5.41, 5.74) is 0. The number of aliphatic hydroxyl groups is 1. The van der Waals surface area contributed by atoms with E-state index in [4.69, 9.17) is 0 Å². The zero-order valence-corrected chi connectivity index (χ0v) is 8.21. The molecule has 0 amide bonds. The molecule has 0 saturated carbocycles. The number of piperidine rings is 1. The lowest BCUT2D eigenvalue weighted by molar-refractivity contribution is 0.0788. The summed E-state index contributed by atoms with van der Waals surface area (Å²) in [7, 11) is 0. The molecule has 0 radical (unpaired) electrons. The highest BCUT2D eigenvalue weighted by molar-refractivity contribution is 4.84. The summed E-state index contributed by atoms with van der Waals surface area (Å²) in [6.45, 7) is 4.58. The first-order valence-corrected chi connectivity index (χ1v) is 5.50. The van der Waals surface area contributed by atoms with Gasteiger partial charge in [0.15, 0.2) is 0 Å². The maximum absolute atomic E-state index is 9.74. The molecule has 2 rings (SSSR count). The molecule has 2 atom stereocenters. The first kappa shape index (κ1) is 9.44. The Kier molecular flexibility index (Phi) is 3.19. The minimum absolute atomic E-state index is 0.116. The van der Waals surface area contributed by atoms with Crippen LogP contribution in [0.3, 0.4) is 0 Å². The Morgan fingerprint density at radius 2 is 2.00 bits per heavy atom. The Hall–Kier alpha value is -0.120. The van der Waals surface area contributed by atoms with Crippen LogP contribution in [0.1, 0.15) is 25.7 Å². The van der Waals surface area contributed by atoms with Crippen LogP contribution in [0.5, 0.6) is 0 Å². The van der Waals surface area contributed by atoms with Crippen molar-refractivity contribution in [3.05, 3.63) is 0 Å². The molecule has 0 aromatic heterocycles. The standard InChI is InChI=1S/C10H20N2O/c13-10-4-3-5-11-9(10)8-12-6-1-2-7-12/h9-11,13H,1-8H2/t9-,10-/m0/s1. The summed E-state index contributed by atoms with van der Waals surface area (Å²) < 4.78 is 0. The van der Waals surface area contributed by atoms with Gasteiger partial charge in [-0.05, 0) is 45.3 Å². The Bertz CT molecular complexity index is 157. The van der Waals surface area contributed by atoms with Gasteiger partial charge in [-0.25, -0.2) is 0 Å². The molecular formula is C10H20N2O. The first-order chi connectivity index (χ1) is 6.36. The normalized spacial score (nSPS) is 36.7. The van der Waals surface area contributed by atoms with Gasteiger partial charge in [0.2, 0.25) is 0 Å². The lowest BCUT2D eigenvalue weighted by atomic mass is 10.0. The Morgan fingerprint density at radius 3 is 2.69 bits per heavy atom. The number of aliphatic hydroxyl groups excluding tert-OH is 1. The van der Waals surface area contributed by atoms with E-state index in [0.29, 0.717) is 6.04 Å². The van der Waals surface area contributed by atoms with Gasteiger partial charge < -0.3 is 15.3 Å². The monoisotopic (exact) mass is 184 g/mol. The molecule has 76 valence electrons. The number of likely N-dealkylation sites (tertiary alicyclic amines) is 1. The van der Waals surface area contributed by atoms with Gasteiger partial charge in [0.05, 0.1) is 6.10 Å². The maximum Gasteiger partial charge on any atom is 0.0706 e. The molecule has 3 heteroatoms. The molecule has 0 aliphatic carbocycles. The predicted octanol–water partition coefficient (Wildman–Crippen LogP) is 0.195. The third-order valence-corrected chi connectivity index (χ3v) is 3.20. The zero-order valence-electron chi connectivity index (χ0n) is 8.21. The van der Waals surface area contributed by atoms with Gasteiger partial charge in [-0.3, -0.25) is 0 Å². The molecule has 3 nitrogen and oxygen atoms in total. The Labute approximate surface area is 80.1 Å². The molecule has 2 aliphatic rings. The predicted molar refractivity (Wildman–Crippen MR) is 52.7 cm³/mol. The molecule has 2 aliphatic heterocycles. The van der Waals surface area contributed by atoms with Gasteiger partial charge in [0.1, 0.15) is 0 Å². The van der Waals surface area contributed by atoms with Crippen LogP contribution in [0.25, 0.3) is 0 Å². The van der Waals surface area contributed by atoms with Gasteiger partial charge in [-0.15, -0.1) is 0 Å². The second kappa shape index (κ2) is 4.40. The zero-order chi connectivity index (χ0) is 9.10. The Balaban J connectivity index is 1.78. The van der Waals surface area contributed by atoms with Crippen LogP contribution in [-0.2, 0) is 0 Å². The van der Waals surface area contributed by atoms with E-state index in [2.05, 4.69) is 10.2 Å². The highest BCUT2D eigenvalue weighted by atomic mass is 16.3. The second-order valence-corrected chi connectivity index (χ2v) is 4.28. The molecule has 2 N–H and O–H groups in total. The SMILES string of the molecule is O[C@H]1CCCN[C@H]1CN1CCCC1. The smallest absolute Gasteiger partial charge is 0.0706 e. The van der Waals surface area contributed by atoms with Crippen molar-refractivity contribution in [3.8, 4) is 0 Å². The third kappa shape index (κ3) is 2.42. The van der Waals surface area contributed by atoms with Crippen molar-refractivity contribution in [2.75, 3.05) is 26.2 Å². The van der Waals surface area contributed by atoms with Crippen molar-refractivity contribution in [1.29, 1.82) is 0 Å². The van der Waals surface area contributed by atoms with E-state index in [0.717, 1.165) is 25.9 Å². The van der Waals surface area contributed by atoms with E-state index in [1.54, 1.807) is 0 Å². The minimum atomic E-state index is -0.116. The highest BCUT2D eigenvalue weighted by Crippen LogP contribution is 2.13. The molecule has 2 heterocycles. The molecule has 0 aromatic rings. The fraction of sp³-hybridized carbons (Fsp3) is 1.00. The fourth-order valence-corrected chi connectivity index (χ4v) is 2.37. The van der Waals surface area contributed by atoms with Crippen molar-refractivity contribution in [3.63, 3.8) is 0 Å². The minimum Gasteiger partial charge on any atom is -0.391 e. The quantitative estimate of drug-likeness (QED) is 0.643. The fourth-order valence-electron chi connectivity index (χ4n) is 2.37. The van der Waals surface area contributed by atoms with E-state index in [-0.39, 0.29) is 6.10 Å². The topological polar surface area (TPSA) is 35.5 Å². The van der Waals surface area contributed by atoms with Crippen LogP contribution in [0.15, 0.2) is 0 Å². The van der Waals surface area contributed by atoms with Crippen molar-refractivity contribution >= 4 is 0 Å². The van der Waals surface area contributed by atoms with E-state index >= 15 is 0 Å². The molecule has 0 spiro atoms. The van der Waals surface area contributed by atoms with E-state index in [1.807, 2.05) is 0 Å². The van der Waals surface area contributed by atoms with Gasteiger partial charge >= 0.3 is 0 Å². The summed E-state index contributed by atoms with van der Waals surface area (Å²) in [4.78, 5) is 2.46. The second-order valence-electron chi connectivity index (χ2n) is 4.28. The van der Waals surface area contributed by atoms with Crippen LogP contribution in [0.4, 0.5) is 0 Å². The number of rotatable bonds is 2. The summed E-state index contributed by atoms with van der Waals surface area (Å²) in [6, 6.07) is 0.326. The van der Waals surface area contributed by atoms with Crippen molar-refractivity contribution in [1.82, 2.24) is 10.2 Å². The van der Waals surface area contributed by atoms with Gasteiger partial charge in [-0.2, -0.15) is 0 Å². The average Bonchev–Trinajstić information content (AvgIpc) is 2.61.